The number of hydrogen-bond donors (Lipinski definition) is 3. The smallest absolute Gasteiger partial charge is 0.407 e. The topological polar surface area (TPSA) is 94.7 Å². The van der Waals surface area contributed by atoms with Crippen LogP contribution in [0.4, 0.5) is 4.79 Å². The van der Waals surface area contributed by atoms with Crippen LogP contribution in [-0.4, -0.2) is 59.3 Å². The zero-order valence-corrected chi connectivity index (χ0v) is 10.5. The number of carboxylic acid groups (broad SMARTS) is 1. The molecule has 1 fully saturated rings. The standard InChI is InChI=1S/C12H17N3O4/c16-11(9-1-3-13-7-9)14-8-10-2-4-15(12(17)18)5-6-19-10/h1,3,7,10,13H,2,4-6,8H2,(H,14,16)(H,17,18). The highest BCUT2D eigenvalue weighted by atomic mass is 16.5. The Morgan fingerprint density at radius 3 is 3.05 bits per heavy atom. The Morgan fingerprint density at radius 1 is 1.53 bits per heavy atom. The van der Waals surface area contributed by atoms with Gasteiger partial charge in [-0.3, -0.25) is 4.79 Å². The van der Waals surface area contributed by atoms with Gasteiger partial charge in [-0.15, -0.1) is 0 Å². The van der Waals surface area contributed by atoms with Gasteiger partial charge in [-0.2, -0.15) is 0 Å². The van der Waals surface area contributed by atoms with Gasteiger partial charge in [0.1, 0.15) is 0 Å². The number of carbonyl (C=O) groups excluding carboxylic acids is 1. The van der Waals surface area contributed by atoms with Crippen LogP contribution in [0.25, 0.3) is 0 Å². The molecule has 0 spiro atoms. The van der Waals surface area contributed by atoms with E-state index in [1.165, 1.54) is 4.90 Å². The molecule has 7 heteroatoms. The summed E-state index contributed by atoms with van der Waals surface area (Å²) in [6, 6.07) is 1.69. The minimum atomic E-state index is -0.930. The quantitative estimate of drug-likeness (QED) is 0.743. The molecule has 1 saturated heterocycles. The highest BCUT2D eigenvalue weighted by Gasteiger charge is 2.20. The van der Waals surface area contributed by atoms with Crippen LogP contribution in [0.1, 0.15) is 16.8 Å². The van der Waals surface area contributed by atoms with Gasteiger partial charge >= 0.3 is 6.09 Å². The lowest BCUT2D eigenvalue weighted by Gasteiger charge is -2.16. The maximum Gasteiger partial charge on any atom is 0.407 e. The average molecular weight is 267 g/mol. The molecule has 2 amide bonds. The van der Waals surface area contributed by atoms with Gasteiger partial charge in [-0.25, -0.2) is 4.79 Å². The Morgan fingerprint density at radius 2 is 2.37 bits per heavy atom. The molecule has 1 aromatic rings. The summed E-state index contributed by atoms with van der Waals surface area (Å²) in [4.78, 5) is 26.7. The number of nitrogens with one attached hydrogen (secondary N) is 2. The molecule has 1 aliphatic heterocycles. The van der Waals surface area contributed by atoms with Crippen LogP contribution in [0.3, 0.4) is 0 Å². The molecule has 3 N–H and O–H groups in total. The zero-order valence-electron chi connectivity index (χ0n) is 10.5. The fourth-order valence-electron chi connectivity index (χ4n) is 1.95. The number of carbonyl (C=O) groups is 2. The van der Waals surface area contributed by atoms with E-state index in [1.807, 2.05) is 0 Å². The monoisotopic (exact) mass is 267 g/mol. The zero-order chi connectivity index (χ0) is 13.7. The van der Waals surface area contributed by atoms with Crippen molar-refractivity contribution in [2.75, 3.05) is 26.2 Å². The Kier molecular flexibility index (Phi) is 4.40. The molecule has 19 heavy (non-hydrogen) atoms. The first-order chi connectivity index (χ1) is 9.16. The van der Waals surface area contributed by atoms with Crippen molar-refractivity contribution in [1.29, 1.82) is 0 Å². The van der Waals surface area contributed by atoms with Crippen LogP contribution in [0.15, 0.2) is 18.5 Å². The molecule has 1 aliphatic rings. The molecule has 7 nitrogen and oxygen atoms in total. The third-order valence-electron chi connectivity index (χ3n) is 3.06. The summed E-state index contributed by atoms with van der Waals surface area (Å²) in [6.45, 7) is 1.55. The van der Waals surface area contributed by atoms with Crippen molar-refractivity contribution in [2.24, 2.45) is 0 Å². The van der Waals surface area contributed by atoms with E-state index in [9.17, 15) is 9.59 Å². The second-order valence-electron chi connectivity index (χ2n) is 4.36. The molecule has 1 atom stereocenters. The lowest BCUT2D eigenvalue weighted by Crippen LogP contribution is -2.34. The van der Waals surface area contributed by atoms with Crippen molar-refractivity contribution in [3.8, 4) is 0 Å². The largest absolute Gasteiger partial charge is 0.465 e. The summed E-state index contributed by atoms with van der Waals surface area (Å²) in [5, 5.41) is 11.7. The fraction of sp³-hybridized carbons (Fsp3) is 0.500. The third-order valence-corrected chi connectivity index (χ3v) is 3.06. The number of aromatic nitrogens is 1. The first-order valence-corrected chi connectivity index (χ1v) is 6.17. The van der Waals surface area contributed by atoms with Gasteiger partial charge in [0, 0.05) is 32.0 Å². The van der Waals surface area contributed by atoms with Gasteiger partial charge in [0.15, 0.2) is 0 Å². The summed E-state index contributed by atoms with van der Waals surface area (Å²) < 4.78 is 5.52. The lowest BCUT2D eigenvalue weighted by atomic mass is 10.2. The first kappa shape index (κ1) is 13.4. The van der Waals surface area contributed by atoms with Gasteiger partial charge in [-0.1, -0.05) is 0 Å². The van der Waals surface area contributed by atoms with Gasteiger partial charge in [0.2, 0.25) is 0 Å². The van der Waals surface area contributed by atoms with Crippen molar-refractivity contribution in [3.63, 3.8) is 0 Å². The summed E-state index contributed by atoms with van der Waals surface area (Å²) in [5.41, 5.74) is 0.570. The number of nitrogens with zero attached hydrogens (tertiary/aromatic N) is 1. The van der Waals surface area contributed by atoms with Crippen molar-refractivity contribution in [3.05, 3.63) is 24.0 Å². The maximum atomic E-state index is 11.7. The van der Waals surface area contributed by atoms with E-state index in [0.717, 1.165) is 0 Å². The number of amides is 2. The van der Waals surface area contributed by atoms with E-state index in [-0.39, 0.29) is 12.0 Å². The van der Waals surface area contributed by atoms with Crippen LogP contribution in [0.5, 0.6) is 0 Å². The van der Waals surface area contributed by atoms with Crippen LogP contribution in [-0.2, 0) is 4.74 Å². The summed E-state index contributed by atoms with van der Waals surface area (Å²) in [7, 11) is 0. The number of aromatic amines is 1. The van der Waals surface area contributed by atoms with Gasteiger partial charge < -0.3 is 25.0 Å². The molecule has 0 aliphatic carbocycles. The highest BCUT2D eigenvalue weighted by Crippen LogP contribution is 2.07. The molecule has 1 unspecified atom stereocenters. The molecular formula is C12H17N3O4. The minimum Gasteiger partial charge on any atom is -0.465 e. The summed E-state index contributed by atoms with van der Waals surface area (Å²) >= 11 is 0. The lowest BCUT2D eigenvalue weighted by molar-refractivity contribution is 0.0585. The van der Waals surface area contributed by atoms with Crippen molar-refractivity contribution in [1.82, 2.24) is 15.2 Å². The van der Waals surface area contributed by atoms with Gasteiger partial charge in [-0.05, 0) is 12.5 Å². The van der Waals surface area contributed by atoms with Crippen molar-refractivity contribution < 1.29 is 19.4 Å². The van der Waals surface area contributed by atoms with Crippen LogP contribution in [0, 0.1) is 0 Å². The molecule has 0 aromatic carbocycles. The molecule has 0 radical (unpaired) electrons. The molecule has 0 saturated carbocycles. The van der Waals surface area contributed by atoms with E-state index in [2.05, 4.69) is 10.3 Å². The summed E-state index contributed by atoms with van der Waals surface area (Å²) in [6.07, 6.45) is 2.81. The van der Waals surface area contributed by atoms with E-state index in [0.29, 0.717) is 38.2 Å². The first-order valence-electron chi connectivity index (χ1n) is 6.17. The van der Waals surface area contributed by atoms with Crippen LogP contribution in [0.2, 0.25) is 0 Å². The van der Waals surface area contributed by atoms with Crippen LogP contribution < -0.4 is 5.32 Å². The van der Waals surface area contributed by atoms with Gasteiger partial charge in [0.25, 0.3) is 5.91 Å². The molecule has 1 aromatic heterocycles. The molecular weight excluding hydrogens is 250 g/mol. The van der Waals surface area contributed by atoms with E-state index in [1.54, 1.807) is 18.5 Å². The molecule has 104 valence electrons. The number of rotatable bonds is 3. The predicted molar refractivity (Wildman–Crippen MR) is 67.1 cm³/mol. The molecule has 2 rings (SSSR count). The molecule has 0 bridgehead atoms. The minimum absolute atomic E-state index is 0.146. The van der Waals surface area contributed by atoms with Crippen molar-refractivity contribution >= 4 is 12.0 Å². The highest BCUT2D eigenvalue weighted by molar-refractivity contribution is 5.93. The number of hydrogen-bond acceptors (Lipinski definition) is 3. The second-order valence-corrected chi connectivity index (χ2v) is 4.36. The SMILES string of the molecule is O=C(NCC1CCN(C(=O)O)CCO1)c1cc[nH]c1. The van der Waals surface area contributed by atoms with E-state index < -0.39 is 6.09 Å². The van der Waals surface area contributed by atoms with Crippen molar-refractivity contribution in [2.45, 2.75) is 12.5 Å². The Balaban J connectivity index is 1.77. The second kappa shape index (κ2) is 6.24. The Labute approximate surface area is 110 Å². The maximum absolute atomic E-state index is 11.7. The van der Waals surface area contributed by atoms with Crippen LogP contribution >= 0.6 is 0 Å². The van der Waals surface area contributed by atoms with Gasteiger partial charge in [0.05, 0.1) is 18.3 Å². The molecule has 2 heterocycles. The third kappa shape index (κ3) is 3.72. The van der Waals surface area contributed by atoms with E-state index in [4.69, 9.17) is 9.84 Å². The van der Waals surface area contributed by atoms with E-state index >= 15 is 0 Å². The Bertz CT molecular complexity index is 432. The number of H-pyrrole nitrogens is 1. The fourth-order valence-corrected chi connectivity index (χ4v) is 1.95. The normalized spacial score (nSPS) is 19.8. The number of ether oxygens (including phenoxy) is 1. The Hall–Kier alpha value is -2.02. The summed E-state index contributed by atoms with van der Waals surface area (Å²) in [5.74, 6) is -0.163. The predicted octanol–water partition coefficient (Wildman–Crippen LogP) is 0.513. The average Bonchev–Trinajstić information content (AvgIpc) is 2.81.